The van der Waals surface area contributed by atoms with E-state index in [-0.39, 0.29) is 6.42 Å². The molecule has 0 unspecified atom stereocenters. The van der Waals surface area contributed by atoms with Gasteiger partial charge in [0.25, 0.3) is 0 Å². The van der Waals surface area contributed by atoms with Crippen molar-refractivity contribution in [2.75, 3.05) is 0 Å². The van der Waals surface area contributed by atoms with Crippen LogP contribution in [0.15, 0.2) is 0 Å². The van der Waals surface area contributed by atoms with Gasteiger partial charge in [-0.15, -0.1) is 0 Å². The largest absolute Gasteiger partial charge is 0.481 e. The minimum atomic E-state index is -0.899. The molecule has 11 heavy (non-hydrogen) atoms. The monoisotopic (exact) mass is 158 g/mol. The third-order valence-corrected chi connectivity index (χ3v) is 2.26. The maximum absolute atomic E-state index is 10.3. The first-order valence-electron chi connectivity index (χ1n) is 4.07. The molecule has 1 saturated carbocycles. The molecule has 3 heteroatoms. The summed E-state index contributed by atoms with van der Waals surface area (Å²) in [7, 11) is 0. The molecule has 0 heterocycles. The summed E-state index contributed by atoms with van der Waals surface area (Å²) in [5.74, 6) is -0.894. The third-order valence-electron chi connectivity index (χ3n) is 2.26. The van der Waals surface area contributed by atoms with E-state index in [0.717, 1.165) is 19.3 Å². The molecule has 3 nitrogen and oxygen atoms in total. The maximum Gasteiger partial charge on any atom is 0.306 e. The van der Waals surface area contributed by atoms with Gasteiger partial charge in [0.1, 0.15) is 0 Å². The molecule has 1 aliphatic carbocycles. The van der Waals surface area contributed by atoms with E-state index in [1.165, 1.54) is 0 Å². The summed E-state index contributed by atoms with van der Waals surface area (Å²) in [6, 6.07) is 0. The molecule has 0 aromatic heterocycles. The Morgan fingerprint density at radius 2 is 1.82 bits per heavy atom. The SMILES string of the molecule is O=C(O)CC1(O)CCCCC1. The zero-order valence-electron chi connectivity index (χ0n) is 6.55. The standard InChI is InChI=1S/C8H14O3/c9-7(10)6-8(11)4-2-1-3-5-8/h11H,1-6H2,(H,9,10). The van der Waals surface area contributed by atoms with E-state index in [1.54, 1.807) is 0 Å². The van der Waals surface area contributed by atoms with E-state index in [2.05, 4.69) is 0 Å². The second-order valence-electron chi connectivity index (χ2n) is 3.36. The highest BCUT2D eigenvalue weighted by Gasteiger charge is 2.31. The summed E-state index contributed by atoms with van der Waals surface area (Å²) in [6.45, 7) is 0. The molecule has 0 aromatic rings. The predicted molar refractivity (Wildman–Crippen MR) is 40.3 cm³/mol. The van der Waals surface area contributed by atoms with Crippen LogP contribution >= 0.6 is 0 Å². The van der Waals surface area contributed by atoms with Crippen molar-refractivity contribution in [2.45, 2.75) is 44.1 Å². The minimum absolute atomic E-state index is 0.0903. The number of carboxylic acid groups (broad SMARTS) is 1. The van der Waals surface area contributed by atoms with Gasteiger partial charge in [0.2, 0.25) is 0 Å². The van der Waals surface area contributed by atoms with E-state index < -0.39 is 11.6 Å². The van der Waals surface area contributed by atoms with E-state index in [1.807, 2.05) is 0 Å². The fraction of sp³-hybridized carbons (Fsp3) is 0.875. The Labute approximate surface area is 66.0 Å². The van der Waals surface area contributed by atoms with Crippen LogP contribution < -0.4 is 0 Å². The van der Waals surface area contributed by atoms with Crippen LogP contribution in [0.2, 0.25) is 0 Å². The van der Waals surface area contributed by atoms with Gasteiger partial charge in [-0.05, 0) is 12.8 Å². The second kappa shape index (κ2) is 3.22. The first-order chi connectivity index (χ1) is 5.12. The van der Waals surface area contributed by atoms with Gasteiger partial charge in [-0.2, -0.15) is 0 Å². The Kier molecular flexibility index (Phi) is 2.49. The molecular formula is C8H14O3. The molecule has 0 amide bonds. The van der Waals surface area contributed by atoms with Crippen molar-refractivity contribution in [3.8, 4) is 0 Å². The smallest absolute Gasteiger partial charge is 0.306 e. The molecule has 0 atom stereocenters. The second-order valence-corrected chi connectivity index (χ2v) is 3.36. The van der Waals surface area contributed by atoms with E-state index >= 15 is 0 Å². The van der Waals surface area contributed by atoms with Gasteiger partial charge in [0, 0.05) is 0 Å². The van der Waals surface area contributed by atoms with Crippen LogP contribution in [0.1, 0.15) is 38.5 Å². The number of carbonyl (C=O) groups is 1. The molecule has 0 bridgehead atoms. The van der Waals surface area contributed by atoms with Crippen molar-refractivity contribution in [1.82, 2.24) is 0 Å². The quantitative estimate of drug-likeness (QED) is 0.634. The number of aliphatic carboxylic acids is 1. The normalized spacial score (nSPS) is 23.0. The Morgan fingerprint density at radius 1 is 1.27 bits per heavy atom. The van der Waals surface area contributed by atoms with Gasteiger partial charge in [-0.1, -0.05) is 19.3 Å². The van der Waals surface area contributed by atoms with Crippen LogP contribution in [0, 0.1) is 0 Å². The Bertz CT molecular complexity index is 147. The van der Waals surface area contributed by atoms with Gasteiger partial charge < -0.3 is 10.2 Å². The number of rotatable bonds is 2. The Balaban J connectivity index is 2.43. The van der Waals surface area contributed by atoms with Crippen molar-refractivity contribution in [3.05, 3.63) is 0 Å². The van der Waals surface area contributed by atoms with Crippen LogP contribution in [0.4, 0.5) is 0 Å². The highest BCUT2D eigenvalue weighted by atomic mass is 16.4. The summed E-state index contributed by atoms with van der Waals surface area (Å²) in [5.41, 5.74) is -0.899. The Morgan fingerprint density at radius 3 is 2.27 bits per heavy atom. The summed E-state index contributed by atoms with van der Waals surface area (Å²) in [6.07, 6.45) is 4.26. The highest BCUT2D eigenvalue weighted by Crippen LogP contribution is 2.30. The molecule has 0 aromatic carbocycles. The van der Waals surface area contributed by atoms with Crippen molar-refractivity contribution in [3.63, 3.8) is 0 Å². The molecule has 0 saturated heterocycles. The van der Waals surface area contributed by atoms with Gasteiger partial charge >= 0.3 is 5.97 Å². The first kappa shape index (κ1) is 8.53. The van der Waals surface area contributed by atoms with Crippen LogP contribution in [-0.4, -0.2) is 21.8 Å². The molecule has 1 rings (SSSR count). The van der Waals surface area contributed by atoms with Gasteiger partial charge in [0.15, 0.2) is 0 Å². The van der Waals surface area contributed by atoms with Crippen LogP contribution in [0.3, 0.4) is 0 Å². The molecule has 0 spiro atoms. The van der Waals surface area contributed by atoms with E-state index in [4.69, 9.17) is 5.11 Å². The summed E-state index contributed by atoms with van der Waals surface area (Å²) in [4.78, 5) is 10.3. The predicted octanol–water partition coefficient (Wildman–Crippen LogP) is 1.16. The number of hydrogen-bond donors (Lipinski definition) is 2. The summed E-state index contributed by atoms with van der Waals surface area (Å²) < 4.78 is 0. The third kappa shape index (κ3) is 2.50. The van der Waals surface area contributed by atoms with E-state index in [9.17, 15) is 9.90 Å². The lowest BCUT2D eigenvalue weighted by Crippen LogP contribution is -2.33. The molecule has 1 fully saturated rings. The summed E-state index contributed by atoms with van der Waals surface area (Å²) in [5, 5.41) is 18.1. The number of hydrogen-bond acceptors (Lipinski definition) is 2. The van der Waals surface area contributed by atoms with Crippen LogP contribution in [0.25, 0.3) is 0 Å². The average Bonchev–Trinajstić information content (AvgIpc) is 1.85. The molecule has 0 aliphatic heterocycles. The van der Waals surface area contributed by atoms with Crippen molar-refractivity contribution in [2.24, 2.45) is 0 Å². The Hall–Kier alpha value is -0.570. The lowest BCUT2D eigenvalue weighted by molar-refractivity contribution is -0.143. The molecule has 64 valence electrons. The minimum Gasteiger partial charge on any atom is -0.481 e. The zero-order valence-corrected chi connectivity index (χ0v) is 6.55. The molecule has 1 aliphatic rings. The van der Waals surface area contributed by atoms with Crippen LogP contribution in [-0.2, 0) is 4.79 Å². The van der Waals surface area contributed by atoms with Gasteiger partial charge in [-0.25, -0.2) is 0 Å². The lowest BCUT2D eigenvalue weighted by Gasteiger charge is -2.30. The molecular weight excluding hydrogens is 144 g/mol. The van der Waals surface area contributed by atoms with E-state index in [0.29, 0.717) is 12.8 Å². The zero-order chi connectivity index (χ0) is 8.32. The summed E-state index contributed by atoms with van der Waals surface area (Å²) >= 11 is 0. The number of carboxylic acids is 1. The fourth-order valence-corrected chi connectivity index (χ4v) is 1.67. The van der Waals surface area contributed by atoms with Gasteiger partial charge in [-0.3, -0.25) is 4.79 Å². The topological polar surface area (TPSA) is 57.5 Å². The van der Waals surface area contributed by atoms with Crippen molar-refractivity contribution >= 4 is 5.97 Å². The molecule has 0 radical (unpaired) electrons. The average molecular weight is 158 g/mol. The van der Waals surface area contributed by atoms with Crippen molar-refractivity contribution in [1.29, 1.82) is 0 Å². The lowest BCUT2D eigenvalue weighted by atomic mass is 9.83. The van der Waals surface area contributed by atoms with Crippen molar-refractivity contribution < 1.29 is 15.0 Å². The van der Waals surface area contributed by atoms with Crippen LogP contribution in [0.5, 0.6) is 0 Å². The molecule has 2 N–H and O–H groups in total. The van der Waals surface area contributed by atoms with Gasteiger partial charge in [0.05, 0.1) is 12.0 Å². The first-order valence-corrected chi connectivity index (χ1v) is 4.07. The fourth-order valence-electron chi connectivity index (χ4n) is 1.67. The highest BCUT2D eigenvalue weighted by molar-refractivity contribution is 5.68. The number of aliphatic hydroxyl groups is 1. The maximum atomic E-state index is 10.3.